The van der Waals surface area contributed by atoms with Crippen LogP contribution in [-0.2, 0) is 16.2 Å². The van der Waals surface area contributed by atoms with Crippen LogP contribution in [0.25, 0.3) is 0 Å². The molecule has 5 nitrogen and oxygen atoms in total. The Morgan fingerprint density at radius 2 is 1.66 bits per heavy atom. The molecule has 0 fully saturated rings. The van der Waals surface area contributed by atoms with Crippen molar-refractivity contribution >= 4 is 33.3 Å². The van der Waals surface area contributed by atoms with Gasteiger partial charge in [-0.3, -0.25) is 14.4 Å². The van der Waals surface area contributed by atoms with Crippen LogP contribution < -0.4 is 5.32 Å². The van der Waals surface area contributed by atoms with Crippen LogP contribution in [0, 0.1) is 0 Å². The van der Waals surface area contributed by atoms with Crippen molar-refractivity contribution in [2.75, 3.05) is 5.32 Å². The van der Waals surface area contributed by atoms with Crippen molar-refractivity contribution in [3.63, 3.8) is 0 Å². The Morgan fingerprint density at radius 1 is 1.00 bits per heavy atom. The van der Waals surface area contributed by atoms with Gasteiger partial charge in [-0.05, 0) is 37.6 Å². The summed E-state index contributed by atoms with van der Waals surface area (Å²) in [5.41, 5.74) is 2.32. The molecule has 0 spiro atoms. The molecule has 1 amide bonds. The Kier molecular flexibility index (Phi) is 6.44. The lowest BCUT2D eigenvalue weighted by Crippen LogP contribution is -2.49. The third kappa shape index (κ3) is 4.76. The predicted molar refractivity (Wildman–Crippen MR) is 128 cm³/mol. The van der Waals surface area contributed by atoms with Crippen LogP contribution in [0.15, 0.2) is 83.3 Å². The second kappa shape index (κ2) is 9.27. The number of carbonyl (C=O) groups is 2. The standard InChI is InChI=1S/C26H25BrN2O3/c1-26(2)25(31)29(32-17-18-8-4-3-5-9-18)23(21-10-6-7-11-22(21)28-26)16-24(30)19-12-14-20(27)15-13-19/h3-15,23,28H,16-17H2,1-2H3. The Labute approximate surface area is 196 Å². The van der Waals surface area contributed by atoms with Gasteiger partial charge < -0.3 is 5.32 Å². The van der Waals surface area contributed by atoms with E-state index in [0.717, 1.165) is 21.3 Å². The van der Waals surface area contributed by atoms with E-state index in [2.05, 4.69) is 21.2 Å². The number of hydrogen-bond donors (Lipinski definition) is 1. The molecule has 0 aromatic heterocycles. The minimum Gasteiger partial charge on any atom is -0.371 e. The van der Waals surface area contributed by atoms with Gasteiger partial charge in [0.05, 0.1) is 6.04 Å². The second-order valence-electron chi connectivity index (χ2n) is 8.38. The van der Waals surface area contributed by atoms with E-state index in [0.29, 0.717) is 5.56 Å². The van der Waals surface area contributed by atoms with E-state index < -0.39 is 11.6 Å². The average Bonchev–Trinajstić information content (AvgIpc) is 2.86. The normalized spacial score (nSPS) is 17.3. The summed E-state index contributed by atoms with van der Waals surface area (Å²) >= 11 is 3.40. The quantitative estimate of drug-likeness (QED) is 0.433. The highest BCUT2D eigenvalue weighted by Crippen LogP contribution is 2.38. The monoisotopic (exact) mass is 492 g/mol. The van der Waals surface area contributed by atoms with Crippen molar-refractivity contribution in [3.8, 4) is 0 Å². The third-order valence-corrected chi connectivity index (χ3v) is 6.07. The van der Waals surface area contributed by atoms with E-state index in [4.69, 9.17) is 4.84 Å². The third-order valence-electron chi connectivity index (χ3n) is 5.54. The number of benzene rings is 3. The van der Waals surface area contributed by atoms with Crippen LogP contribution in [0.5, 0.6) is 0 Å². The van der Waals surface area contributed by atoms with Gasteiger partial charge in [-0.15, -0.1) is 0 Å². The Hall–Kier alpha value is -2.96. The van der Waals surface area contributed by atoms with Crippen LogP contribution >= 0.6 is 15.9 Å². The van der Waals surface area contributed by atoms with Crippen LogP contribution in [-0.4, -0.2) is 22.3 Å². The van der Waals surface area contributed by atoms with E-state index in [-0.39, 0.29) is 24.7 Å². The highest BCUT2D eigenvalue weighted by molar-refractivity contribution is 9.10. The number of ketones is 1. The van der Waals surface area contributed by atoms with Crippen molar-refractivity contribution in [2.24, 2.45) is 0 Å². The zero-order valence-corrected chi connectivity index (χ0v) is 19.6. The Morgan fingerprint density at radius 3 is 2.38 bits per heavy atom. The Balaban J connectivity index is 1.71. The first-order chi connectivity index (χ1) is 15.3. The molecule has 32 heavy (non-hydrogen) atoms. The molecule has 164 valence electrons. The van der Waals surface area contributed by atoms with Gasteiger partial charge in [0.25, 0.3) is 5.91 Å². The molecule has 3 aromatic carbocycles. The van der Waals surface area contributed by atoms with Gasteiger partial charge in [0, 0.05) is 27.7 Å². The molecule has 1 aliphatic heterocycles. The first-order valence-corrected chi connectivity index (χ1v) is 11.3. The van der Waals surface area contributed by atoms with Gasteiger partial charge in [0.1, 0.15) is 12.1 Å². The molecular formula is C26H25BrN2O3. The lowest BCUT2D eigenvalue weighted by atomic mass is 9.96. The van der Waals surface area contributed by atoms with Crippen LogP contribution in [0.2, 0.25) is 0 Å². The van der Waals surface area contributed by atoms with Gasteiger partial charge in [0.2, 0.25) is 0 Å². The van der Waals surface area contributed by atoms with Crippen LogP contribution in [0.4, 0.5) is 5.69 Å². The molecule has 3 aromatic rings. The van der Waals surface area contributed by atoms with Crippen molar-refractivity contribution in [1.82, 2.24) is 5.06 Å². The number of amides is 1. The number of nitrogens with zero attached hydrogens (tertiary/aromatic N) is 1. The van der Waals surface area contributed by atoms with E-state index in [1.807, 2.05) is 80.6 Å². The minimum absolute atomic E-state index is 0.0573. The molecule has 1 heterocycles. The van der Waals surface area contributed by atoms with Gasteiger partial charge in [-0.1, -0.05) is 76.6 Å². The summed E-state index contributed by atoms with van der Waals surface area (Å²) in [6.45, 7) is 3.88. The second-order valence-corrected chi connectivity index (χ2v) is 9.29. The summed E-state index contributed by atoms with van der Waals surface area (Å²) < 4.78 is 0.905. The summed E-state index contributed by atoms with van der Waals surface area (Å²) in [6.07, 6.45) is 0.108. The smallest absolute Gasteiger partial charge is 0.271 e. The molecule has 0 radical (unpaired) electrons. The fourth-order valence-electron chi connectivity index (χ4n) is 3.82. The molecule has 6 heteroatoms. The number of hydrogen-bond acceptors (Lipinski definition) is 4. The molecule has 4 rings (SSSR count). The van der Waals surface area contributed by atoms with E-state index >= 15 is 0 Å². The number of anilines is 1. The first kappa shape index (κ1) is 22.2. The number of Topliss-reactive ketones (excluding diaryl/α,β-unsaturated/α-hetero) is 1. The van der Waals surface area contributed by atoms with Crippen LogP contribution in [0.1, 0.15) is 47.8 Å². The maximum absolute atomic E-state index is 13.6. The van der Waals surface area contributed by atoms with Gasteiger partial charge in [-0.2, -0.15) is 0 Å². The number of carbonyl (C=O) groups excluding carboxylic acids is 2. The molecule has 0 saturated carbocycles. The summed E-state index contributed by atoms with van der Waals surface area (Å²) in [5, 5.41) is 4.73. The van der Waals surface area contributed by atoms with Crippen molar-refractivity contribution in [2.45, 2.75) is 38.5 Å². The molecule has 0 bridgehead atoms. The molecule has 1 N–H and O–H groups in total. The molecule has 1 unspecified atom stereocenters. The largest absolute Gasteiger partial charge is 0.371 e. The van der Waals surface area contributed by atoms with E-state index in [9.17, 15) is 9.59 Å². The highest BCUT2D eigenvalue weighted by Gasteiger charge is 2.42. The molecule has 0 aliphatic carbocycles. The number of hydroxylamine groups is 2. The summed E-state index contributed by atoms with van der Waals surface area (Å²) in [5.74, 6) is -0.281. The zero-order chi connectivity index (χ0) is 22.7. The lowest BCUT2D eigenvalue weighted by Gasteiger charge is -2.33. The van der Waals surface area contributed by atoms with Gasteiger partial charge in [0.15, 0.2) is 5.78 Å². The summed E-state index contributed by atoms with van der Waals surface area (Å²) in [6, 6.07) is 24.1. The average molecular weight is 493 g/mol. The van der Waals surface area contributed by atoms with Crippen molar-refractivity contribution < 1.29 is 14.4 Å². The Bertz CT molecular complexity index is 1110. The fraction of sp³-hybridized carbons (Fsp3) is 0.231. The maximum atomic E-state index is 13.6. The van der Waals surface area contributed by atoms with E-state index in [1.54, 1.807) is 12.1 Å². The number of fused-ring (bicyclic) bond motifs is 1. The fourth-order valence-corrected chi connectivity index (χ4v) is 4.09. The number of halogens is 1. The van der Waals surface area contributed by atoms with E-state index in [1.165, 1.54) is 5.06 Å². The molecule has 0 saturated heterocycles. The van der Waals surface area contributed by atoms with Gasteiger partial charge in [-0.25, -0.2) is 5.06 Å². The molecule has 1 aliphatic rings. The number of nitrogens with one attached hydrogen (secondary N) is 1. The summed E-state index contributed by atoms with van der Waals surface area (Å²) in [4.78, 5) is 32.9. The minimum atomic E-state index is -0.901. The van der Waals surface area contributed by atoms with Gasteiger partial charge >= 0.3 is 0 Å². The number of para-hydroxylation sites is 1. The van der Waals surface area contributed by atoms with Crippen molar-refractivity contribution in [1.29, 1.82) is 0 Å². The zero-order valence-electron chi connectivity index (χ0n) is 18.0. The molecular weight excluding hydrogens is 468 g/mol. The number of rotatable bonds is 6. The topological polar surface area (TPSA) is 58.6 Å². The van der Waals surface area contributed by atoms with Crippen molar-refractivity contribution in [3.05, 3.63) is 100 Å². The summed E-state index contributed by atoms with van der Waals surface area (Å²) in [7, 11) is 0. The maximum Gasteiger partial charge on any atom is 0.271 e. The SMILES string of the molecule is CC1(C)Nc2ccccc2C(CC(=O)c2ccc(Br)cc2)N(OCc2ccccc2)C1=O. The molecule has 1 atom stereocenters. The predicted octanol–water partition coefficient (Wildman–Crippen LogP) is 5.93. The first-order valence-electron chi connectivity index (χ1n) is 10.5. The highest BCUT2D eigenvalue weighted by atomic mass is 79.9. The lowest BCUT2D eigenvalue weighted by molar-refractivity contribution is -0.209. The van der Waals surface area contributed by atoms with Crippen LogP contribution in [0.3, 0.4) is 0 Å².